The summed E-state index contributed by atoms with van der Waals surface area (Å²) in [6, 6.07) is 15.4. The van der Waals surface area contributed by atoms with Crippen molar-refractivity contribution in [3.05, 3.63) is 59.9 Å². The first kappa shape index (κ1) is 19.9. The van der Waals surface area contributed by atoms with Gasteiger partial charge in [0.15, 0.2) is 5.82 Å². The van der Waals surface area contributed by atoms with Crippen LogP contribution in [0.1, 0.15) is 37.1 Å². The molecule has 0 radical (unpaired) electrons. The maximum absolute atomic E-state index is 12.5. The van der Waals surface area contributed by atoms with Gasteiger partial charge in [-0.15, -0.1) is 0 Å². The third-order valence-corrected chi connectivity index (χ3v) is 5.13. The van der Waals surface area contributed by atoms with E-state index in [0.29, 0.717) is 43.6 Å². The molecule has 1 atom stereocenters. The number of aromatic nitrogens is 2. The molecule has 30 heavy (non-hydrogen) atoms. The molecule has 1 aromatic heterocycles. The lowest BCUT2D eigenvalue weighted by atomic mass is 10.1. The van der Waals surface area contributed by atoms with Crippen LogP contribution >= 0.6 is 0 Å². The Kier molecular flexibility index (Phi) is 5.97. The van der Waals surface area contributed by atoms with Crippen LogP contribution < -0.4 is 9.47 Å². The van der Waals surface area contributed by atoms with Gasteiger partial charge in [0.05, 0.1) is 19.3 Å². The van der Waals surface area contributed by atoms with E-state index in [-0.39, 0.29) is 11.8 Å². The molecular formula is C23H25N3O4. The van der Waals surface area contributed by atoms with Crippen molar-refractivity contribution in [2.75, 3.05) is 20.3 Å². The molecule has 1 aliphatic rings. The lowest BCUT2D eigenvalue weighted by Crippen LogP contribution is -2.24. The van der Waals surface area contributed by atoms with Crippen LogP contribution in [0.3, 0.4) is 0 Å². The molecule has 4 rings (SSSR count). The van der Waals surface area contributed by atoms with Gasteiger partial charge in [-0.05, 0) is 36.2 Å². The van der Waals surface area contributed by atoms with Crippen LogP contribution in [-0.2, 0) is 11.3 Å². The zero-order valence-electron chi connectivity index (χ0n) is 17.2. The minimum atomic E-state index is -0.0862. The van der Waals surface area contributed by atoms with Crippen LogP contribution in [0.2, 0.25) is 0 Å². The summed E-state index contributed by atoms with van der Waals surface area (Å²) in [5.74, 6) is 2.47. The monoisotopic (exact) mass is 407 g/mol. The van der Waals surface area contributed by atoms with Gasteiger partial charge >= 0.3 is 0 Å². The highest BCUT2D eigenvalue weighted by Crippen LogP contribution is 2.32. The van der Waals surface area contributed by atoms with Gasteiger partial charge in [-0.25, -0.2) is 0 Å². The number of carbonyl (C=O) groups is 1. The van der Waals surface area contributed by atoms with Crippen molar-refractivity contribution in [3.8, 4) is 23.0 Å². The summed E-state index contributed by atoms with van der Waals surface area (Å²) in [5, 5.41) is 4.13. The predicted octanol–water partition coefficient (Wildman–Crippen LogP) is 4.05. The third-order valence-electron chi connectivity index (χ3n) is 5.13. The Balaban J connectivity index is 1.42. The fourth-order valence-corrected chi connectivity index (χ4v) is 3.56. The van der Waals surface area contributed by atoms with Gasteiger partial charge in [0.2, 0.25) is 5.91 Å². The summed E-state index contributed by atoms with van der Waals surface area (Å²) in [7, 11) is 1.60. The fraction of sp³-hybridized carbons (Fsp3) is 0.348. The molecule has 0 saturated carbocycles. The number of amides is 1. The molecule has 1 aliphatic heterocycles. The van der Waals surface area contributed by atoms with Crippen molar-refractivity contribution >= 4 is 5.91 Å². The summed E-state index contributed by atoms with van der Waals surface area (Å²) >= 11 is 0. The SMILES string of the molecule is CCCOc1ccc(CN2CC(c3noc(-c4ccccc4OC)n3)CC2=O)cc1. The number of rotatable bonds is 8. The average molecular weight is 407 g/mol. The molecule has 2 aromatic carbocycles. The first-order valence-corrected chi connectivity index (χ1v) is 10.1. The molecule has 0 spiro atoms. The average Bonchev–Trinajstić information content (AvgIpc) is 3.40. The second-order valence-electron chi connectivity index (χ2n) is 7.33. The van der Waals surface area contributed by atoms with Crippen LogP contribution in [0.5, 0.6) is 11.5 Å². The molecule has 0 bridgehead atoms. The third kappa shape index (κ3) is 4.30. The van der Waals surface area contributed by atoms with Crippen molar-refractivity contribution < 1.29 is 18.8 Å². The first-order valence-electron chi connectivity index (χ1n) is 10.1. The second-order valence-corrected chi connectivity index (χ2v) is 7.33. The lowest BCUT2D eigenvalue weighted by Gasteiger charge is -2.16. The van der Waals surface area contributed by atoms with Crippen LogP contribution in [0.25, 0.3) is 11.5 Å². The number of nitrogens with zero attached hydrogens (tertiary/aromatic N) is 3. The minimum absolute atomic E-state index is 0.0862. The molecule has 7 nitrogen and oxygen atoms in total. The molecule has 7 heteroatoms. The Morgan fingerprint density at radius 1 is 1.17 bits per heavy atom. The van der Waals surface area contributed by atoms with E-state index < -0.39 is 0 Å². The fourth-order valence-electron chi connectivity index (χ4n) is 3.56. The first-order chi connectivity index (χ1) is 14.7. The molecule has 1 fully saturated rings. The molecule has 0 aliphatic carbocycles. The number of hydrogen-bond donors (Lipinski definition) is 0. The summed E-state index contributed by atoms with van der Waals surface area (Å²) in [5.41, 5.74) is 1.81. The highest BCUT2D eigenvalue weighted by atomic mass is 16.5. The number of hydrogen-bond acceptors (Lipinski definition) is 6. The molecule has 1 unspecified atom stereocenters. The molecule has 3 aromatic rings. The summed E-state index contributed by atoms with van der Waals surface area (Å²) in [4.78, 5) is 18.9. The van der Waals surface area contributed by atoms with E-state index in [0.717, 1.165) is 23.3 Å². The number of para-hydroxylation sites is 1. The van der Waals surface area contributed by atoms with Crippen molar-refractivity contribution in [1.29, 1.82) is 0 Å². The van der Waals surface area contributed by atoms with Crippen molar-refractivity contribution in [1.82, 2.24) is 15.0 Å². The van der Waals surface area contributed by atoms with E-state index in [9.17, 15) is 4.79 Å². The van der Waals surface area contributed by atoms with Gasteiger partial charge in [-0.3, -0.25) is 4.79 Å². The zero-order chi connectivity index (χ0) is 20.9. The second kappa shape index (κ2) is 8.98. The van der Waals surface area contributed by atoms with E-state index in [4.69, 9.17) is 14.0 Å². The standard InChI is InChI=1S/C23H25N3O4/c1-3-12-29-18-10-8-16(9-11-18)14-26-15-17(13-21(26)27)22-24-23(30-25-22)19-6-4-5-7-20(19)28-2/h4-11,17H,3,12-15H2,1-2H3. The lowest BCUT2D eigenvalue weighted by molar-refractivity contribution is -0.128. The van der Waals surface area contributed by atoms with E-state index in [1.165, 1.54) is 0 Å². The van der Waals surface area contributed by atoms with Crippen LogP contribution in [-0.4, -0.2) is 41.2 Å². The Labute approximate surface area is 175 Å². The van der Waals surface area contributed by atoms with E-state index in [2.05, 4.69) is 17.1 Å². The quantitative estimate of drug-likeness (QED) is 0.561. The number of benzene rings is 2. The van der Waals surface area contributed by atoms with Crippen LogP contribution in [0, 0.1) is 0 Å². The molecule has 0 N–H and O–H groups in total. The maximum Gasteiger partial charge on any atom is 0.261 e. The number of methoxy groups -OCH3 is 1. The Hall–Kier alpha value is -3.35. The molecule has 1 amide bonds. The van der Waals surface area contributed by atoms with Gasteiger partial charge in [-0.2, -0.15) is 4.98 Å². The Morgan fingerprint density at radius 2 is 1.97 bits per heavy atom. The number of ether oxygens (including phenoxy) is 2. The van der Waals surface area contributed by atoms with Crippen molar-refractivity contribution in [3.63, 3.8) is 0 Å². The van der Waals surface area contributed by atoms with Crippen LogP contribution in [0.15, 0.2) is 53.1 Å². The normalized spacial score (nSPS) is 16.1. The van der Waals surface area contributed by atoms with Gasteiger partial charge < -0.3 is 18.9 Å². The van der Waals surface area contributed by atoms with Gasteiger partial charge in [0, 0.05) is 25.4 Å². The number of likely N-dealkylation sites (tertiary alicyclic amines) is 1. The summed E-state index contributed by atoms with van der Waals surface area (Å²) < 4.78 is 16.4. The number of carbonyl (C=O) groups excluding carboxylic acids is 1. The molecule has 156 valence electrons. The largest absolute Gasteiger partial charge is 0.496 e. The molecule has 2 heterocycles. The summed E-state index contributed by atoms with van der Waals surface area (Å²) in [6.07, 6.45) is 1.35. The Bertz CT molecular complexity index is 1000. The highest BCUT2D eigenvalue weighted by molar-refractivity contribution is 5.79. The topological polar surface area (TPSA) is 77.7 Å². The van der Waals surface area contributed by atoms with E-state index in [1.807, 2.05) is 53.4 Å². The van der Waals surface area contributed by atoms with Crippen molar-refractivity contribution in [2.24, 2.45) is 0 Å². The molecular weight excluding hydrogens is 382 g/mol. The van der Waals surface area contributed by atoms with Gasteiger partial charge in [-0.1, -0.05) is 36.3 Å². The van der Waals surface area contributed by atoms with Crippen LogP contribution in [0.4, 0.5) is 0 Å². The predicted molar refractivity (Wildman–Crippen MR) is 111 cm³/mol. The van der Waals surface area contributed by atoms with Gasteiger partial charge in [0.1, 0.15) is 11.5 Å². The smallest absolute Gasteiger partial charge is 0.261 e. The molecule has 1 saturated heterocycles. The minimum Gasteiger partial charge on any atom is -0.496 e. The Morgan fingerprint density at radius 3 is 2.73 bits per heavy atom. The van der Waals surface area contributed by atoms with E-state index >= 15 is 0 Å². The zero-order valence-corrected chi connectivity index (χ0v) is 17.2. The van der Waals surface area contributed by atoms with Gasteiger partial charge in [0.25, 0.3) is 5.89 Å². The summed E-state index contributed by atoms with van der Waals surface area (Å²) in [6.45, 7) is 3.90. The maximum atomic E-state index is 12.5. The highest BCUT2D eigenvalue weighted by Gasteiger charge is 2.34. The van der Waals surface area contributed by atoms with Crippen molar-refractivity contribution in [2.45, 2.75) is 32.2 Å². The van der Waals surface area contributed by atoms with E-state index in [1.54, 1.807) is 7.11 Å².